The summed E-state index contributed by atoms with van der Waals surface area (Å²) in [6, 6.07) is 6.91. The Labute approximate surface area is 129 Å². The highest BCUT2D eigenvalue weighted by atomic mass is 32.2. The lowest BCUT2D eigenvalue weighted by Gasteiger charge is -2.27. The summed E-state index contributed by atoms with van der Waals surface area (Å²) in [5.41, 5.74) is 1.26. The van der Waals surface area contributed by atoms with Crippen molar-refractivity contribution in [1.82, 2.24) is 14.5 Å². The number of aryl methyl sites for hydroxylation is 1. The molecule has 1 unspecified atom stereocenters. The Hall–Kier alpha value is -1.86. The van der Waals surface area contributed by atoms with Crippen molar-refractivity contribution in [3.63, 3.8) is 0 Å². The second kappa shape index (κ2) is 6.50. The minimum absolute atomic E-state index is 0.107. The van der Waals surface area contributed by atoms with Crippen LogP contribution in [0.3, 0.4) is 0 Å². The first-order valence-corrected chi connectivity index (χ1v) is 8.37. The molecule has 0 saturated carbocycles. The van der Waals surface area contributed by atoms with Crippen LogP contribution in [-0.4, -0.2) is 29.5 Å². The molecule has 0 aliphatic carbocycles. The first-order chi connectivity index (χ1) is 10.4. The third-order valence-electron chi connectivity index (χ3n) is 3.45. The van der Waals surface area contributed by atoms with Crippen molar-refractivity contribution in [1.29, 1.82) is 0 Å². The minimum Gasteiger partial charge on any atom is -0.207 e. The van der Waals surface area contributed by atoms with Crippen LogP contribution in [0.2, 0.25) is 0 Å². The minimum atomic E-state index is -3.69. The van der Waals surface area contributed by atoms with Gasteiger partial charge in [0.2, 0.25) is 10.0 Å². The van der Waals surface area contributed by atoms with Gasteiger partial charge in [-0.05, 0) is 37.6 Å². The van der Waals surface area contributed by atoms with E-state index in [-0.39, 0.29) is 10.7 Å². The zero-order chi connectivity index (χ0) is 16.3. The Morgan fingerprint density at radius 2 is 1.91 bits per heavy atom. The average Bonchev–Trinajstić information content (AvgIpc) is 2.48. The lowest BCUT2D eigenvalue weighted by atomic mass is 10.1. The van der Waals surface area contributed by atoms with Crippen molar-refractivity contribution in [2.45, 2.75) is 31.7 Å². The van der Waals surface area contributed by atoms with Crippen molar-refractivity contribution in [2.75, 3.05) is 6.54 Å². The molecule has 1 heterocycles. The van der Waals surface area contributed by atoms with E-state index in [2.05, 4.69) is 10.2 Å². The van der Waals surface area contributed by atoms with Gasteiger partial charge in [-0.25, -0.2) is 12.8 Å². The first-order valence-electron chi connectivity index (χ1n) is 6.93. The normalized spacial score (nSPS) is 13.3. The molecule has 0 fully saturated rings. The van der Waals surface area contributed by atoms with Crippen LogP contribution in [0, 0.1) is 12.7 Å². The average molecular weight is 323 g/mol. The maximum atomic E-state index is 13.0. The number of sulfonamides is 1. The van der Waals surface area contributed by atoms with Gasteiger partial charge >= 0.3 is 0 Å². The fourth-order valence-electron chi connectivity index (χ4n) is 2.28. The molecule has 2 rings (SSSR count). The van der Waals surface area contributed by atoms with Crippen molar-refractivity contribution >= 4 is 10.0 Å². The third-order valence-corrected chi connectivity index (χ3v) is 5.47. The van der Waals surface area contributed by atoms with E-state index < -0.39 is 16.1 Å². The second-order valence-electron chi connectivity index (χ2n) is 4.97. The maximum Gasteiger partial charge on any atom is 0.245 e. The molecule has 5 nitrogen and oxygen atoms in total. The Balaban J connectivity index is 2.40. The number of rotatable bonds is 5. The molecule has 118 valence electrons. The Kier molecular flexibility index (Phi) is 4.87. The van der Waals surface area contributed by atoms with Crippen molar-refractivity contribution in [3.05, 3.63) is 53.6 Å². The van der Waals surface area contributed by atoms with Gasteiger partial charge in [0.1, 0.15) is 10.7 Å². The number of benzene rings is 1. The molecule has 1 aromatic carbocycles. The van der Waals surface area contributed by atoms with E-state index >= 15 is 0 Å². The molecule has 0 N–H and O–H groups in total. The topological polar surface area (TPSA) is 63.2 Å². The highest BCUT2D eigenvalue weighted by molar-refractivity contribution is 7.89. The number of hydrogen-bond donors (Lipinski definition) is 0. The van der Waals surface area contributed by atoms with Gasteiger partial charge in [-0.15, -0.1) is 0 Å². The number of aromatic nitrogens is 2. The van der Waals surface area contributed by atoms with E-state index in [0.717, 1.165) is 5.56 Å². The van der Waals surface area contributed by atoms with Crippen LogP contribution >= 0.6 is 0 Å². The van der Waals surface area contributed by atoms with Gasteiger partial charge < -0.3 is 0 Å². The highest BCUT2D eigenvalue weighted by Gasteiger charge is 2.29. The van der Waals surface area contributed by atoms with E-state index in [4.69, 9.17) is 0 Å². The van der Waals surface area contributed by atoms with Crippen molar-refractivity contribution in [2.24, 2.45) is 0 Å². The van der Waals surface area contributed by atoms with E-state index in [0.29, 0.717) is 12.2 Å². The van der Waals surface area contributed by atoms with Gasteiger partial charge in [-0.3, -0.25) is 0 Å². The molecule has 0 radical (unpaired) electrons. The summed E-state index contributed by atoms with van der Waals surface area (Å²) in [5.74, 6) is -0.351. The summed E-state index contributed by atoms with van der Waals surface area (Å²) >= 11 is 0. The van der Waals surface area contributed by atoms with E-state index in [1.807, 2.05) is 0 Å². The molecule has 7 heteroatoms. The fraction of sp³-hybridized carbons (Fsp3) is 0.333. The summed E-state index contributed by atoms with van der Waals surface area (Å²) in [5, 5.41) is 7.48. The molecule has 0 saturated heterocycles. The molecule has 0 spiro atoms. The number of nitrogens with zero attached hydrogens (tertiary/aromatic N) is 3. The molecule has 0 aliphatic rings. The van der Waals surface area contributed by atoms with Crippen LogP contribution in [-0.2, 0) is 10.0 Å². The lowest BCUT2D eigenvalue weighted by Crippen LogP contribution is -2.33. The predicted octanol–water partition coefficient (Wildman–Crippen LogP) is 2.70. The first kappa shape index (κ1) is 16.5. The van der Waals surface area contributed by atoms with Crippen LogP contribution in [0.15, 0.2) is 41.4 Å². The summed E-state index contributed by atoms with van der Waals surface area (Å²) in [6.45, 7) is 5.52. The molecule has 0 aliphatic heterocycles. The quantitative estimate of drug-likeness (QED) is 0.849. The van der Waals surface area contributed by atoms with Gasteiger partial charge in [0.15, 0.2) is 0 Å². The van der Waals surface area contributed by atoms with Gasteiger partial charge in [0.25, 0.3) is 0 Å². The smallest absolute Gasteiger partial charge is 0.207 e. The number of halogens is 1. The van der Waals surface area contributed by atoms with Gasteiger partial charge in [0, 0.05) is 12.6 Å². The van der Waals surface area contributed by atoms with Gasteiger partial charge in [0.05, 0.1) is 11.9 Å². The van der Waals surface area contributed by atoms with Crippen LogP contribution < -0.4 is 0 Å². The predicted molar refractivity (Wildman–Crippen MR) is 81.1 cm³/mol. The Morgan fingerprint density at radius 3 is 2.45 bits per heavy atom. The summed E-state index contributed by atoms with van der Waals surface area (Å²) in [7, 11) is -3.69. The van der Waals surface area contributed by atoms with E-state index in [1.54, 1.807) is 32.9 Å². The molecule has 1 aromatic heterocycles. The maximum absolute atomic E-state index is 13.0. The monoisotopic (exact) mass is 323 g/mol. The Bertz CT molecular complexity index is 748. The number of hydrogen-bond acceptors (Lipinski definition) is 4. The molecule has 0 bridgehead atoms. The lowest BCUT2D eigenvalue weighted by molar-refractivity contribution is 0.356. The summed E-state index contributed by atoms with van der Waals surface area (Å²) < 4.78 is 39.9. The van der Waals surface area contributed by atoms with Gasteiger partial charge in [-0.1, -0.05) is 19.1 Å². The highest BCUT2D eigenvalue weighted by Crippen LogP contribution is 2.27. The molecular weight excluding hydrogens is 305 g/mol. The summed E-state index contributed by atoms with van der Waals surface area (Å²) in [4.78, 5) is 0.107. The summed E-state index contributed by atoms with van der Waals surface area (Å²) in [6.07, 6.45) is 1.24. The molecule has 1 atom stereocenters. The van der Waals surface area contributed by atoms with Crippen LogP contribution in [0.5, 0.6) is 0 Å². The van der Waals surface area contributed by atoms with Crippen molar-refractivity contribution in [3.8, 4) is 0 Å². The van der Waals surface area contributed by atoms with E-state index in [1.165, 1.54) is 28.7 Å². The second-order valence-corrected chi connectivity index (χ2v) is 6.86. The van der Waals surface area contributed by atoms with Crippen molar-refractivity contribution < 1.29 is 12.8 Å². The molecular formula is C15H18FN3O2S. The zero-order valence-corrected chi connectivity index (χ0v) is 13.5. The molecule has 2 aromatic rings. The molecule has 0 amide bonds. The van der Waals surface area contributed by atoms with Crippen LogP contribution in [0.25, 0.3) is 0 Å². The SMILES string of the molecule is CCN(C(C)c1ccc(F)cc1)S(=O)(=O)c1cnnc(C)c1. The van der Waals surface area contributed by atoms with Gasteiger partial charge in [-0.2, -0.15) is 14.5 Å². The zero-order valence-electron chi connectivity index (χ0n) is 12.7. The fourth-order valence-corrected chi connectivity index (χ4v) is 3.93. The van der Waals surface area contributed by atoms with Crippen LogP contribution in [0.4, 0.5) is 4.39 Å². The van der Waals surface area contributed by atoms with E-state index in [9.17, 15) is 12.8 Å². The Morgan fingerprint density at radius 1 is 1.27 bits per heavy atom. The largest absolute Gasteiger partial charge is 0.245 e. The standard InChI is InChI=1S/C15H18FN3O2S/c1-4-19(12(3)13-5-7-14(16)8-6-13)22(20,21)15-9-11(2)18-17-10-15/h5-10,12H,4H2,1-3H3. The van der Waals surface area contributed by atoms with Crippen LogP contribution in [0.1, 0.15) is 31.1 Å². The third kappa shape index (κ3) is 3.31. The molecule has 22 heavy (non-hydrogen) atoms.